The van der Waals surface area contributed by atoms with Gasteiger partial charge in [0.1, 0.15) is 5.69 Å². The van der Waals surface area contributed by atoms with Crippen LogP contribution in [0.25, 0.3) is 11.0 Å². The molecule has 2 aromatic rings. The van der Waals surface area contributed by atoms with E-state index in [1.54, 1.807) is 0 Å². The van der Waals surface area contributed by atoms with Gasteiger partial charge in [0.2, 0.25) is 0 Å². The molecule has 1 aliphatic rings. The van der Waals surface area contributed by atoms with Crippen molar-refractivity contribution in [3.63, 3.8) is 0 Å². The Morgan fingerprint density at radius 3 is 2.43 bits per heavy atom. The van der Waals surface area contributed by atoms with E-state index in [1.807, 2.05) is 24.3 Å². The van der Waals surface area contributed by atoms with Crippen molar-refractivity contribution in [1.29, 1.82) is 5.26 Å². The number of esters is 1. The molecule has 0 unspecified atom stereocenters. The molecule has 0 saturated carbocycles. The molecule has 1 aliphatic heterocycles. The summed E-state index contributed by atoms with van der Waals surface area (Å²) in [6.45, 7) is 5.86. The maximum Gasteiger partial charge on any atom is 0.329 e. The van der Waals surface area contributed by atoms with Gasteiger partial charge in [-0.1, -0.05) is 44.7 Å². The first kappa shape index (κ1) is 22.0. The molecule has 7 heteroatoms. The van der Waals surface area contributed by atoms with E-state index >= 15 is 0 Å². The minimum Gasteiger partial charge on any atom is -0.464 e. The molecule has 30 heavy (non-hydrogen) atoms. The SMILES string of the molecule is CCCCCCCOC(=O)[C@@H](C#N)c1nc2ccccc2nc1N1CCN(C)CC1. The van der Waals surface area contributed by atoms with Crippen molar-refractivity contribution in [3.8, 4) is 6.07 Å². The zero-order valence-corrected chi connectivity index (χ0v) is 18.0. The van der Waals surface area contributed by atoms with Gasteiger partial charge in [0.25, 0.3) is 0 Å². The Labute approximate surface area is 178 Å². The normalized spacial score (nSPS) is 15.7. The summed E-state index contributed by atoms with van der Waals surface area (Å²) in [5, 5.41) is 9.81. The number of aromatic nitrogens is 2. The van der Waals surface area contributed by atoms with Crippen molar-refractivity contribution in [1.82, 2.24) is 14.9 Å². The van der Waals surface area contributed by atoms with E-state index in [-0.39, 0.29) is 0 Å². The van der Waals surface area contributed by atoms with Crippen LogP contribution >= 0.6 is 0 Å². The van der Waals surface area contributed by atoms with Gasteiger partial charge in [0.05, 0.1) is 23.7 Å². The van der Waals surface area contributed by atoms with Crippen LogP contribution in [0.2, 0.25) is 0 Å². The first-order valence-corrected chi connectivity index (χ1v) is 10.9. The Hall–Kier alpha value is -2.72. The third kappa shape index (κ3) is 5.45. The number of nitrogens with zero attached hydrogens (tertiary/aromatic N) is 5. The van der Waals surface area contributed by atoms with Crippen molar-refractivity contribution >= 4 is 22.8 Å². The van der Waals surface area contributed by atoms with Crippen LogP contribution in [0.1, 0.15) is 50.6 Å². The highest BCUT2D eigenvalue weighted by molar-refractivity contribution is 5.85. The van der Waals surface area contributed by atoms with Gasteiger partial charge in [-0.25, -0.2) is 9.97 Å². The second-order valence-electron chi connectivity index (χ2n) is 7.86. The zero-order valence-electron chi connectivity index (χ0n) is 18.0. The molecule has 0 spiro atoms. The van der Waals surface area contributed by atoms with Crippen LogP contribution in [0.3, 0.4) is 0 Å². The Bertz CT molecular complexity index is 887. The number of hydrogen-bond donors (Lipinski definition) is 0. The number of piperazine rings is 1. The molecule has 7 nitrogen and oxygen atoms in total. The van der Waals surface area contributed by atoms with E-state index in [2.05, 4.69) is 34.8 Å². The lowest BCUT2D eigenvalue weighted by Gasteiger charge is -2.34. The number of benzene rings is 1. The molecule has 1 aromatic heterocycles. The topological polar surface area (TPSA) is 82.3 Å². The van der Waals surface area contributed by atoms with Gasteiger partial charge in [-0.15, -0.1) is 0 Å². The van der Waals surface area contributed by atoms with Gasteiger partial charge in [-0.2, -0.15) is 5.26 Å². The molecule has 1 saturated heterocycles. The van der Waals surface area contributed by atoms with Crippen molar-refractivity contribution in [2.45, 2.75) is 44.9 Å². The van der Waals surface area contributed by atoms with E-state index in [0.717, 1.165) is 51.0 Å². The zero-order chi connectivity index (χ0) is 21.3. The van der Waals surface area contributed by atoms with Crippen LogP contribution in [0, 0.1) is 11.3 Å². The summed E-state index contributed by atoms with van der Waals surface area (Å²) in [6, 6.07) is 9.67. The quantitative estimate of drug-likeness (QED) is 0.463. The van der Waals surface area contributed by atoms with Gasteiger partial charge in [-0.05, 0) is 25.6 Å². The molecule has 1 fully saturated rings. The van der Waals surface area contributed by atoms with Gasteiger partial charge < -0.3 is 14.5 Å². The third-order valence-electron chi connectivity index (χ3n) is 5.51. The summed E-state index contributed by atoms with van der Waals surface area (Å²) in [5.74, 6) is -0.992. The van der Waals surface area contributed by atoms with E-state index in [9.17, 15) is 10.1 Å². The standard InChI is InChI=1S/C23H31N5O2/c1-3-4-5-6-9-16-30-23(29)18(17-24)21-22(28-14-12-27(2)13-15-28)26-20-11-8-7-10-19(20)25-21/h7-8,10-11,18H,3-6,9,12-16H2,1-2H3/t18-/m0/s1. The van der Waals surface area contributed by atoms with E-state index in [4.69, 9.17) is 9.72 Å². The Morgan fingerprint density at radius 2 is 1.77 bits per heavy atom. The Kier molecular flexibility index (Phi) is 7.97. The van der Waals surface area contributed by atoms with Crippen LogP contribution in [0.4, 0.5) is 5.82 Å². The maximum atomic E-state index is 12.7. The molecule has 0 amide bonds. The third-order valence-corrected chi connectivity index (χ3v) is 5.51. The smallest absolute Gasteiger partial charge is 0.329 e. The summed E-state index contributed by atoms with van der Waals surface area (Å²) < 4.78 is 5.45. The predicted octanol–water partition coefficient (Wildman–Crippen LogP) is 3.50. The second-order valence-corrected chi connectivity index (χ2v) is 7.86. The summed E-state index contributed by atoms with van der Waals surface area (Å²) in [7, 11) is 2.08. The fraction of sp³-hybridized carbons (Fsp3) is 0.565. The van der Waals surface area contributed by atoms with Crippen molar-refractivity contribution < 1.29 is 9.53 Å². The van der Waals surface area contributed by atoms with Crippen molar-refractivity contribution in [2.75, 3.05) is 44.7 Å². The number of carbonyl (C=O) groups is 1. The number of ether oxygens (including phenoxy) is 1. The molecular formula is C23H31N5O2. The second kappa shape index (κ2) is 10.9. The number of hydrogen-bond acceptors (Lipinski definition) is 7. The summed E-state index contributed by atoms with van der Waals surface area (Å²) in [5.41, 5.74) is 1.84. The largest absolute Gasteiger partial charge is 0.464 e. The number of anilines is 1. The van der Waals surface area contributed by atoms with Crippen molar-refractivity contribution in [2.24, 2.45) is 0 Å². The minimum atomic E-state index is -1.08. The highest BCUT2D eigenvalue weighted by Gasteiger charge is 2.30. The molecule has 1 aromatic carbocycles. The van der Waals surface area contributed by atoms with Gasteiger partial charge in [-0.3, -0.25) is 4.79 Å². The summed E-state index contributed by atoms with van der Waals surface area (Å²) in [4.78, 5) is 26.6. The van der Waals surface area contributed by atoms with Gasteiger partial charge in [0.15, 0.2) is 11.7 Å². The number of para-hydroxylation sites is 2. The molecule has 0 aliphatic carbocycles. The van der Waals surface area contributed by atoms with Crippen LogP contribution in [-0.4, -0.2) is 60.7 Å². The number of carbonyl (C=O) groups excluding carboxylic acids is 1. The molecule has 1 atom stereocenters. The van der Waals surface area contributed by atoms with Crippen LogP contribution in [0.5, 0.6) is 0 Å². The molecule has 0 N–H and O–H groups in total. The highest BCUT2D eigenvalue weighted by Crippen LogP contribution is 2.28. The van der Waals surface area contributed by atoms with E-state index < -0.39 is 11.9 Å². The molecule has 0 radical (unpaired) electrons. The van der Waals surface area contributed by atoms with Crippen LogP contribution < -0.4 is 4.90 Å². The van der Waals surface area contributed by atoms with Crippen LogP contribution in [-0.2, 0) is 9.53 Å². The monoisotopic (exact) mass is 409 g/mol. The average molecular weight is 410 g/mol. The molecule has 0 bridgehead atoms. The fourth-order valence-electron chi connectivity index (χ4n) is 3.64. The van der Waals surface area contributed by atoms with Crippen LogP contribution in [0.15, 0.2) is 24.3 Å². The van der Waals surface area contributed by atoms with E-state index in [0.29, 0.717) is 23.6 Å². The molecular weight excluding hydrogens is 378 g/mol. The maximum absolute atomic E-state index is 12.7. The molecule has 3 rings (SSSR count). The Morgan fingerprint density at radius 1 is 1.10 bits per heavy atom. The number of unbranched alkanes of at least 4 members (excludes halogenated alkanes) is 4. The van der Waals surface area contributed by atoms with Gasteiger partial charge >= 0.3 is 5.97 Å². The lowest BCUT2D eigenvalue weighted by molar-refractivity contribution is -0.144. The predicted molar refractivity (Wildman–Crippen MR) is 117 cm³/mol. The first-order chi connectivity index (χ1) is 14.6. The van der Waals surface area contributed by atoms with Gasteiger partial charge in [0, 0.05) is 26.2 Å². The minimum absolute atomic E-state index is 0.339. The summed E-state index contributed by atoms with van der Waals surface area (Å²) in [6.07, 6.45) is 5.35. The average Bonchev–Trinajstić information content (AvgIpc) is 2.77. The summed E-state index contributed by atoms with van der Waals surface area (Å²) >= 11 is 0. The molecule has 160 valence electrons. The number of fused-ring (bicyclic) bond motifs is 1. The number of nitriles is 1. The Balaban J connectivity index is 1.81. The first-order valence-electron chi connectivity index (χ1n) is 10.9. The highest BCUT2D eigenvalue weighted by atomic mass is 16.5. The van der Waals surface area contributed by atoms with Crippen molar-refractivity contribution in [3.05, 3.63) is 30.0 Å². The van der Waals surface area contributed by atoms with E-state index in [1.165, 1.54) is 12.8 Å². The molecule has 2 heterocycles. The lowest BCUT2D eigenvalue weighted by Crippen LogP contribution is -2.45. The fourth-order valence-corrected chi connectivity index (χ4v) is 3.64. The lowest BCUT2D eigenvalue weighted by atomic mass is 10.1. The number of likely N-dealkylation sites (N-methyl/N-ethyl adjacent to an activating group) is 1. The number of rotatable bonds is 9.